The highest BCUT2D eigenvalue weighted by molar-refractivity contribution is 6.00. The largest absolute Gasteiger partial charge is 0.379 e. The van der Waals surface area contributed by atoms with E-state index in [1.54, 1.807) is 18.2 Å². The van der Waals surface area contributed by atoms with Crippen LogP contribution in [0.5, 0.6) is 0 Å². The van der Waals surface area contributed by atoms with Crippen LogP contribution in [-0.2, 0) is 9.53 Å². The summed E-state index contributed by atoms with van der Waals surface area (Å²) in [5.74, 6) is 0.357. The lowest BCUT2D eigenvalue weighted by atomic mass is 9.70. The van der Waals surface area contributed by atoms with Gasteiger partial charge in [0.1, 0.15) is 0 Å². The van der Waals surface area contributed by atoms with Crippen LogP contribution in [0.3, 0.4) is 0 Å². The molecule has 2 atom stereocenters. The Kier molecular flexibility index (Phi) is 5.25. The number of benzene rings is 1. The molecule has 3 fully saturated rings. The van der Waals surface area contributed by atoms with E-state index in [4.69, 9.17) is 4.74 Å². The normalized spacial score (nSPS) is 26.2. The van der Waals surface area contributed by atoms with Crippen molar-refractivity contribution in [3.8, 4) is 0 Å². The molecular formula is C22H29N3O3. The second kappa shape index (κ2) is 7.68. The van der Waals surface area contributed by atoms with Crippen LogP contribution in [0.4, 0.5) is 5.69 Å². The summed E-state index contributed by atoms with van der Waals surface area (Å²) in [6, 6.07) is 7.68. The number of piperidine rings is 1. The number of rotatable bonds is 4. The second-order valence-corrected chi connectivity index (χ2v) is 8.20. The molecule has 0 radical (unpaired) electrons. The van der Waals surface area contributed by atoms with E-state index in [9.17, 15) is 9.59 Å². The minimum absolute atomic E-state index is 0.0362. The number of hydrogen-bond acceptors (Lipinski definition) is 4. The van der Waals surface area contributed by atoms with E-state index in [0.29, 0.717) is 23.2 Å². The summed E-state index contributed by atoms with van der Waals surface area (Å²) in [5, 5.41) is 2.72. The number of nitrogens with zero attached hydrogens (tertiary/aromatic N) is 2. The Morgan fingerprint density at radius 2 is 2.11 bits per heavy atom. The number of anilines is 1. The summed E-state index contributed by atoms with van der Waals surface area (Å²) in [6.07, 6.45) is 3.29. The molecule has 3 saturated heterocycles. The third-order valence-electron chi connectivity index (χ3n) is 6.84. The van der Waals surface area contributed by atoms with Gasteiger partial charge >= 0.3 is 0 Å². The third kappa shape index (κ3) is 3.35. The maximum absolute atomic E-state index is 13.0. The molecule has 0 bridgehead atoms. The van der Waals surface area contributed by atoms with Crippen LogP contribution in [0.15, 0.2) is 36.9 Å². The highest BCUT2D eigenvalue weighted by atomic mass is 16.5. The molecule has 3 aliphatic heterocycles. The molecule has 1 aromatic carbocycles. The van der Waals surface area contributed by atoms with Gasteiger partial charge in [-0.25, -0.2) is 0 Å². The average molecular weight is 383 g/mol. The lowest BCUT2D eigenvalue weighted by Gasteiger charge is -2.42. The van der Waals surface area contributed by atoms with Crippen molar-refractivity contribution in [2.45, 2.75) is 25.8 Å². The Bertz CT molecular complexity index is 770. The fourth-order valence-electron chi connectivity index (χ4n) is 5.26. The molecule has 1 spiro atoms. The van der Waals surface area contributed by atoms with Crippen LogP contribution in [0, 0.1) is 11.3 Å². The van der Waals surface area contributed by atoms with Gasteiger partial charge in [-0.2, -0.15) is 0 Å². The molecule has 6 nitrogen and oxygen atoms in total. The summed E-state index contributed by atoms with van der Waals surface area (Å²) in [5.41, 5.74) is 1.51. The highest BCUT2D eigenvalue weighted by Crippen LogP contribution is 2.50. The van der Waals surface area contributed by atoms with Gasteiger partial charge in [0, 0.05) is 42.8 Å². The van der Waals surface area contributed by atoms with Crippen molar-refractivity contribution in [1.29, 1.82) is 0 Å². The van der Waals surface area contributed by atoms with E-state index in [1.807, 2.05) is 11.0 Å². The van der Waals surface area contributed by atoms with Crippen molar-refractivity contribution >= 4 is 17.5 Å². The third-order valence-corrected chi connectivity index (χ3v) is 6.84. The van der Waals surface area contributed by atoms with E-state index in [2.05, 4.69) is 23.7 Å². The van der Waals surface area contributed by atoms with Gasteiger partial charge in [0.2, 0.25) is 5.91 Å². The summed E-state index contributed by atoms with van der Waals surface area (Å²) >= 11 is 0. The minimum Gasteiger partial charge on any atom is -0.379 e. The number of hydrogen-bond donors (Lipinski definition) is 1. The Labute approximate surface area is 166 Å². The quantitative estimate of drug-likeness (QED) is 0.811. The zero-order valence-corrected chi connectivity index (χ0v) is 16.5. The fourth-order valence-corrected chi connectivity index (χ4v) is 5.26. The Morgan fingerprint density at radius 3 is 2.82 bits per heavy atom. The molecule has 0 saturated carbocycles. The van der Waals surface area contributed by atoms with Crippen LogP contribution in [0.25, 0.3) is 0 Å². The number of amides is 2. The van der Waals surface area contributed by atoms with Crippen molar-refractivity contribution in [2.24, 2.45) is 11.3 Å². The molecule has 1 N–H and O–H groups in total. The van der Waals surface area contributed by atoms with Gasteiger partial charge in [0.05, 0.1) is 13.2 Å². The maximum Gasteiger partial charge on any atom is 0.253 e. The fraction of sp³-hybridized carbons (Fsp3) is 0.545. The molecule has 1 aromatic rings. The van der Waals surface area contributed by atoms with Crippen molar-refractivity contribution in [1.82, 2.24) is 9.80 Å². The van der Waals surface area contributed by atoms with Crippen LogP contribution < -0.4 is 5.32 Å². The molecule has 2 amide bonds. The number of carbonyl (C=O) groups is 2. The molecule has 0 aromatic heterocycles. The number of likely N-dealkylation sites (N-methyl/N-ethyl adjacent to an activating group) is 1. The lowest BCUT2D eigenvalue weighted by Crippen LogP contribution is -2.47. The minimum atomic E-state index is -0.278. The first-order valence-corrected chi connectivity index (χ1v) is 10.2. The number of likely N-dealkylation sites (tertiary alicyclic amines) is 2. The van der Waals surface area contributed by atoms with Gasteiger partial charge in [-0.1, -0.05) is 19.6 Å². The molecule has 0 aliphatic carbocycles. The van der Waals surface area contributed by atoms with Gasteiger partial charge in [0.25, 0.3) is 5.91 Å². The van der Waals surface area contributed by atoms with Crippen molar-refractivity contribution < 1.29 is 14.3 Å². The number of ether oxygens (including phenoxy) is 1. The molecule has 3 heterocycles. The van der Waals surface area contributed by atoms with Crippen LogP contribution in [0.2, 0.25) is 0 Å². The first-order valence-electron chi connectivity index (χ1n) is 10.2. The van der Waals surface area contributed by atoms with Crippen molar-refractivity contribution in [2.75, 3.05) is 44.7 Å². The smallest absolute Gasteiger partial charge is 0.253 e. The molecule has 28 heavy (non-hydrogen) atoms. The predicted octanol–water partition coefficient (Wildman–Crippen LogP) is 2.38. The van der Waals surface area contributed by atoms with Gasteiger partial charge in [-0.15, -0.1) is 0 Å². The van der Waals surface area contributed by atoms with E-state index < -0.39 is 0 Å². The molecule has 150 valence electrons. The summed E-state index contributed by atoms with van der Waals surface area (Å²) < 4.78 is 5.81. The Morgan fingerprint density at radius 1 is 1.32 bits per heavy atom. The average Bonchev–Trinajstić information content (AvgIpc) is 3.31. The van der Waals surface area contributed by atoms with Crippen LogP contribution in [0.1, 0.15) is 30.1 Å². The van der Waals surface area contributed by atoms with E-state index >= 15 is 0 Å². The lowest BCUT2D eigenvalue weighted by molar-refractivity contribution is -0.111. The molecular weight excluding hydrogens is 354 g/mol. The number of fused-ring (bicyclic) bond motifs is 2. The molecule has 0 unspecified atom stereocenters. The summed E-state index contributed by atoms with van der Waals surface area (Å²) in [7, 11) is 0. The van der Waals surface area contributed by atoms with Crippen LogP contribution in [-0.4, -0.2) is 67.0 Å². The van der Waals surface area contributed by atoms with Crippen molar-refractivity contribution in [3.63, 3.8) is 0 Å². The summed E-state index contributed by atoms with van der Waals surface area (Å²) in [6.45, 7) is 11.2. The Hall–Kier alpha value is -2.18. The monoisotopic (exact) mass is 383 g/mol. The van der Waals surface area contributed by atoms with Gasteiger partial charge in [0.15, 0.2) is 0 Å². The zero-order chi connectivity index (χ0) is 19.7. The standard InChI is InChI=1S/C22H29N3O3/c1-3-20(26)23-17-7-5-6-16(12-17)21(27)25-10-8-22(9-11-25)15-24(4-2)19-14-28-13-18(19)22/h3,5-7,12,18-19H,1,4,8-11,13-15H2,2H3,(H,23,26)/t18-,19+/m1/s1. The first kappa shape index (κ1) is 19.2. The van der Waals surface area contributed by atoms with Gasteiger partial charge < -0.3 is 15.0 Å². The SMILES string of the molecule is C=CC(=O)Nc1cccc(C(=O)N2CCC3(CC2)CN(CC)[C@H]2COC[C@H]23)c1. The van der Waals surface area contributed by atoms with E-state index in [-0.39, 0.29) is 17.2 Å². The first-order chi connectivity index (χ1) is 13.6. The van der Waals surface area contributed by atoms with Gasteiger partial charge in [-0.05, 0) is 49.1 Å². The van der Waals surface area contributed by atoms with E-state index in [0.717, 1.165) is 52.2 Å². The van der Waals surface area contributed by atoms with Gasteiger partial charge in [-0.3, -0.25) is 14.5 Å². The maximum atomic E-state index is 13.0. The molecule has 4 rings (SSSR count). The van der Waals surface area contributed by atoms with Crippen LogP contribution >= 0.6 is 0 Å². The molecule has 6 heteroatoms. The number of nitrogens with one attached hydrogen (secondary N) is 1. The van der Waals surface area contributed by atoms with Crippen molar-refractivity contribution in [3.05, 3.63) is 42.5 Å². The molecule has 3 aliphatic rings. The Balaban J connectivity index is 1.43. The highest BCUT2D eigenvalue weighted by Gasteiger charge is 2.55. The van der Waals surface area contributed by atoms with E-state index in [1.165, 1.54) is 6.08 Å². The zero-order valence-electron chi connectivity index (χ0n) is 16.5. The summed E-state index contributed by atoms with van der Waals surface area (Å²) in [4.78, 5) is 29.1. The predicted molar refractivity (Wildman–Crippen MR) is 108 cm³/mol. The second-order valence-electron chi connectivity index (χ2n) is 8.20. The topological polar surface area (TPSA) is 61.9 Å². The number of carbonyl (C=O) groups excluding carboxylic acids is 2.